The van der Waals surface area contributed by atoms with Crippen molar-refractivity contribution in [3.8, 4) is 0 Å². The summed E-state index contributed by atoms with van der Waals surface area (Å²) in [4.78, 5) is 24.5. The Bertz CT molecular complexity index is 661. The number of Topliss-reactive ketones (excluding diaryl/α,β-unsaturated/α-hetero) is 1. The normalized spacial score (nSPS) is 45.8. The van der Waals surface area contributed by atoms with Gasteiger partial charge in [0.2, 0.25) is 6.29 Å². The van der Waals surface area contributed by atoms with Gasteiger partial charge in [-0.25, -0.2) is 4.79 Å². The third-order valence-electron chi connectivity index (χ3n) is 5.57. The van der Waals surface area contributed by atoms with E-state index >= 15 is 0 Å². The largest absolute Gasteiger partial charge is 0.471 e. The Kier molecular flexibility index (Phi) is 5.79. The first-order chi connectivity index (χ1) is 13.2. The minimum absolute atomic E-state index is 0.0482. The molecule has 5 N–H and O–H groups in total. The van der Waals surface area contributed by atoms with Crippen LogP contribution in [0.5, 0.6) is 0 Å². The van der Waals surface area contributed by atoms with Gasteiger partial charge in [0, 0.05) is 6.42 Å². The number of hydrogen-bond acceptors (Lipinski definition) is 11. The average Bonchev–Trinajstić information content (AvgIpc) is 2.91. The Morgan fingerprint density at radius 3 is 2.54 bits per heavy atom. The molecule has 0 aromatic carbocycles. The topological polar surface area (TPSA) is 172 Å². The number of aliphatic hydroxyl groups is 5. The van der Waals surface area contributed by atoms with Crippen molar-refractivity contribution in [1.29, 1.82) is 0 Å². The maximum atomic E-state index is 12.5. The SMILES string of the molecule is COC(=O)C1=COC(O[C@H]2O[C@@H](CO)[C@H](O)[C@@H](O)[C@@H]2O)C2[C@H](C)CC(=O)C12O. The first-order valence-corrected chi connectivity index (χ1v) is 8.82. The number of aliphatic hydroxyl groups excluding tert-OH is 4. The van der Waals surface area contributed by atoms with Crippen LogP contribution in [-0.4, -0.2) is 93.6 Å². The van der Waals surface area contributed by atoms with Gasteiger partial charge in [0.05, 0.1) is 19.6 Å². The molecule has 1 saturated carbocycles. The van der Waals surface area contributed by atoms with Crippen LogP contribution < -0.4 is 0 Å². The van der Waals surface area contributed by atoms with Crippen LogP contribution in [0.4, 0.5) is 0 Å². The molecule has 2 fully saturated rings. The highest BCUT2D eigenvalue weighted by Crippen LogP contribution is 2.48. The van der Waals surface area contributed by atoms with Gasteiger partial charge in [0.15, 0.2) is 17.7 Å². The van der Waals surface area contributed by atoms with Crippen LogP contribution in [0.3, 0.4) is 0 Å². The molecule has 11 heteroatoms. The van der Waals surface area contributed by atoms with E-state index in [9.17, 15) is 35.1 Å². The summed E-state index contributed by atoms with van der Waals surface area (Å²) in [6, 6.07) is 0. The molecule has 0 radical (unpaired) electrons. The Hall–Kier alpha value is -1.60. The summed E-state index contributed by atoms with van der Waals surface area (Å²) in [6.45, 7) is 1.01. The molecule has 0 aromatic heterocycles. The highest BCUT2D eigenvalue weighted by atomic mass is 16.8. The molecule has 28 heavy (non-hydrogen) atoms. The lowest BCUT2D eigenvalue weighted by Gasteiger charge is -2.44. The standard InChI is InChI=1S/C17H24O11/c1-6-3-9(19)17(24)7(14(23)25-2)5-26-15(10(6)17)28-16-13(22)12(21)11(20)8(4-18)27-16/h5-6,8,10-13,15-16,18,20-22,24H,3-4H2,1-2H3/t6-,8+,10?,11+,12-,13+,15?,16-,17?/m1/s1. The number of hydrogen-bond donors (Lipinski definition) is 5. The quantitative estimate of drug-likeness (QED) is 0.306. The van der Waals surface area contributed by atoms with Crippen molar-refractivity contribution in [2.45, 2.75) is 55.9 Å². The van der Waals surface area contributed by atoms with Gasteiger partial charge < -0.3 is 44.5 Å². The number of ketones is 1. The minimum atomic E-state index is -2.20. The predicted octanol–water partition coefficient (Wildman–Crippen LogP) is -2.83. The van der Waals surface area contributed by atoms with Crippen molar-refractivity contribution in [3.05, 3.63) is 11.8 Å². The van der Waals surface area contributed by atoms with Gasteiger partial charge in [-0.05, 0) is 5.92 Å². The van der Waals surface area contributed by atoms with Gasteiger partial charge in [0.25, 0.3) is 0 Å². The molecule has 1 saturated heterocycles. The lowest BCUT2D eigenvalue weighted by Crippen LogP contribution is -2.61. The molecular weight excluding hydrogens is 380 g/mol. The van der Waals surface area contributed by atoms with E-state index in [-0.39, 0.29) is 12.0 Å². The van der Waals surface area contributed by atoms with Crippen LogP contribution in [-0.2, 0) is 28.5 Å². The Balaban J connectivity index is 1.88. The Morgan fingerprint density at radius 2 is 1.93 bits per heavy atom. The maximum absolute atomic E-state index is 12.5. The molecule has 3 unspecified atom stereocenters. The smallest absolute Gasteiger partial charge is 0.340 e. The summed E-state index contributed by atoms with van der Waals surface area (Å²) < 4.78 is 20.9. The summed E-state index contributed by atoms with van der Waals surface area (Å²) >= 11 is 0. The van der Waals surface area contributed by atoms with Crippen LogP contribution in [0.1, 0.15) is 13.3 Å². The third kappa shape index (κ3) is 3.12. The number of methoxy groups -OCH3 is 1. The summed E-state index contributed by atoms with van der Waals surface area (Å²) in [7, 11) is 1.10. The molecule has 0 amide bonds. The molecule has 3 aliphatic rings. The van der Waals surface area contributed by atoms with Crippen LogP contribution in [0.15, 0.2) is 11.8 Å². The van der Waals surface area contributed by atoms with E-state index in [1.165, 1.54) is 0 Å². The molecule has 0 aromatic rings. The van der Waals surface area contributed by atoms with E-state index in [2.05, 4.69) is 4.74 Å². The van der Waals surface area contributed by atoms with Gasteiger partial charge >= 0.3 is 5.97 Å². The Morgan fingerprint density at radius 1 is 1.25 bits per heavy atom. The summed E-state index contributed by atoms with van der Waals surface area (Å²) in [5.41, 5.74) is -2.56. The lowest BCUT2D eigenvalue weighted by atomic mass is 9.79. The highest BCUT2D eigenvalue weighted by Gasteiger charge is 2.63. The van der Waals surface area contributed by atoms with Crippen molar-refractivity contribution < 1.29 is 54.1 Å². The molecule has 9 atom stereocenters. The molecule has 1 aliphatic carbocycles. The number of fused-ring (bicyclic) bond motifs is 1. The maximum Gasteiger partial charge on any atom is 0.340 e. The second-order valence-corrected chi connectivity index (χ2v) is 7.26. The third-order valence-corrected chi connectivity index (χ3v) is 5.57. The zero-order valence-corrected chi connectivity index (χ0v) is 15.3. The van der Waals surface area contributed by atoms with E-state index in [1.807, 2.05) is 0 Å². The first-order valence-electron chi connectivity index (χ1n) is 8.82. The van der Waals surface area contributed by atoms with E-state index in [0.29, 0.717) is 0 Å². The lowest BCUT2D eigenvalue weighted by molar-refractivity contribution is -0.346. The van der Waals surface area contributed by atoms with Crippen LogP contribution in [0.25, 0.3) is 0 Å². The van der Waals surface area contributed by atoms with Crippen LogP contribution >= 0.6 is 0 Å². The first kappa shape index (κ1) is 21.1. The number of ether oxygens (including phenoxy) is 4. The molecule has 0 spiro atoms. The van der Waals surface area contributed by atoms with E-state index in [0.717, 1.165) is 13.4 Å². The second kappa shape index (κ2) is 7.67. The van der Waals surface area contributed by atoms with Crippen molar-refractivity contribution >= 4 is 11.8 Å². The molecule has 2 heterocycles. The monoisotopic (exact) mass is 404 g/mol. The summed E-state index contributed by atoms with van der Waals surface area (Å²) in [5.74, 6) is -3.01. The summed E-state index contributed by atoms with van der Waals surface area (Å²) in [6.07, 6.45) is -8.14. The van der Waals surface area contributed by atoms with E-state index in [4.69, 9.17) is 14.2 Å². The van der Waals surface area contributed by atoms with Crippen LogP contribution in [0.2, 0.25) is 0 Å². The zero-order chi connectivity index (χ0) is 20.8. The van der Waals surface area contributed by atoms with Gasteiger partial charge in [-0.1, -0.05) is 6.92 Å². The van der Waals surface area contributed by atoms with Crippen molar-refractivity contribution in [3.63, 3.8) is 0 Å². The van der Waals surface area contributed by atoms with Crippen molar-refractivity contribution in [2.24, 2.45) is 11.8 Å². The predicted molar refractivity (Wildman–Crippen MR) is 87.1 cm³/mol. The number of rotatable bonds is 4. The molecule has 3 rings (SSSR count). The fourth-order valence-electron chi connectivity index (χ4n) is 4.02. The van der Waals surface area contributed by atoms with Crippen molar-refractivity contribution in [1.82, 2.24) is 0 Å². The molecule has 158 valence electrons. The Labute approximate surface area is 160 Å². The molecular formula is C17H24O11. The second-order valence-electron chi connectivity index (χ2n) is 7.26. The highest BCUT2D eigenvalue weighted by molar-refractivity contribution is 6.04. The van der Waals surface area contributed by atoms with E-state index in [1.54, 1.807) is 6.92 Å². The average molecular weight is 404 g/mol. The van der Waals surface area contributed by atoms with Crippen LogP contribution in [0, 0.1) is 11.8 Å². The van der Waals surface area contributed by atoms with E-state index < -0.39 is 72.8 Å². The number of carbonyl (C=O) groups excluding carboxylic acids is 2. The number of esters is 1. The molecule has 11 nitrogen and oxygen atoms in total. The van der Waals surface area contributed by atoms with Gasteiger partial charge in [-0.15, -0.1) is 0 Å². The summed E-state index contributed by atoms with van der Waals surface area (Å²) in [5, 5.41) is 50.2. The van der Waals surface area contributed by atoms with Gasteiger partial charge in [-0.2, -0.15) is 0 Å². The molecule has 0 bridgehead atoms. The number of carbonyl (C=O) groups is 2. The fourth-order valence-corrected chi connectivity index (χ4v) is 4.02. The zero-order valence-electron chi connectivity index (χ0n) is 15.3. The van der Waals surface area contributed by atoms with Gasteiger partial charge in [0.1, 0.15) is 36.3 Å². The minimum Gasteiger partial charge on any atom is -0.471 e. The van der Waals surface area contributed by atoms with Gasteiger partial charge in [-0.3, -0.25) is 4.79 Å². The van der Waals surface area contributed by atoms with Crippen molar-refractivity contribution in [2.75, 3.05) is 13.7 Å². The molecule has 2 aliphatic heterocycles. The fraction of sp³-hybridized carbons (Fsp3) is 0.765.